The second-order valence-electron chi connectivity index (χ2n) is 6.77. The van der Waals surface area contributed by atoms with Crippen molar-refractivity contribution >= 4 is 22.7 Å². The molecule has 5 rings (SSSR count). The third kappa shape index (κ3) is 2.11. The smallest absolute Gasteiger partial charge is 0.337 e. The first kappa shape index (κ1) is 14.4. The predicted octanol–water partition coefficient (Wildman–Crippen LogP) is 2.72. The first-order valence-electron chi connectivity index (χ1n) is 8.13. The molecule has 0 fully saturated rings. The van der Waals surface area contributed by atoms with Crippen LogP contribution in [-0.4, -0.2) is 27.7 Å². The Morgan fingerprint density at radius 2 is 2.04 bits per heavy atom. The molecule has 0 unspecified atom stereocenters. The maximum Gasteiger partial charge on any atom is 0.337 e. The number of carboxylic acids is 1. The van der Waals surface area contributed by atoms with Gasteiger partial charge in [-0.2, -0.15) is 0 Å². The molecule has 1 atom stereocenters. The number of carboxylic acid groups (broad SMARTS) is 1. The van der Waals surface area contributed by atoms with Gasteiger partial charge in [-0.05, 0) is 48.2 Å². The van der Waals surface area contributed by atoms with Gasteiger partial charge in [-0.3, -0.25) is 9.82 Å². The maximum atomic E-state index is 11.2. The molecule has 2 aliphatic rings. The monoisotopic (exact) mass is 333 g/mol. The lowest BCUT2D eigenvalue weighted by Crippen LogP contribution is -2.38. The van der Waals surface area contributed by atoms with E-state index in [2.05, 4.69) is 33.6 Å². The van der Waals surface area contributed by atoms with Gasteiger partial charge in [-0.25, -0.2) is 15.3 Å². The molecule has 0 bridgehead atoms. The zero-order chi connectivity index (χ0) is 17.0. The minimum absolute atomic E-state index is 0.135. The van der Waals surface area contributed by atoms with Crippen molar-refractivity contribution in [3.63, 3.8) is 0 Å². The van der Waals surface area contributed by atoms with Crippen LogP contribution in [0.4, 0.5) is 5.82 Å². The topological polar surface area (TPSA) is 84.3 Å². The molecular weight excluding hydrogens is 318 g/mol. The van der Waals surface area contributed by atoms with E-state index in [1.165, 1.54) is 22.9 Å². The molecule has 0 saturated carbocycles. The van der Waals surface area contributed by atoms with E-state index in [1.807, 2.05) is 6.07 Å². The van der Waals surface area contributed by atoms with Crippen molar-refractivity contribution in [1.82, 2.24) is 9.97 Å². The summed E-state index contributed by atoms with van der Waals surface area (Å²) in [6.45, 7) is 0.574. The number of carbonyl (C=O) groups is 1. The van der Waals surface area contributed by atoms with Crippen LogP contribution in [0.2, 0.25) is 0 Å². The average molecular weight is 333 g/mol. The van der Waals surface area contributed by atoms with E-state index in [0.717, 1.165) is 29.6 Å². The highest BCUT2D eigenvalue weighted by Gasteiger charge is 2.43. The highest BCUT2D eigenvalue weighted by atomic mass is 16.6. The summed E-state index contributed by atoms with van der Waals surface area (Å²) in [6, 6.07) is 9.88. The molecule has 124 valence electrons. The van der Waals surface area contributed by atoms with Crippen LogP contribution >= 0.6 is 0 Å². The molecule has 2 N–H and O–H groups in total. The SMILES string of the molecule is O=C(O)c1cnc2cc3c(cc2c1)C[C@]1(CONc2ncccc21)C3. The third-order valence-corrected chi connectivity index (χ3v) is 5.20. The van der Waals surface area contributed by atoms with Crippen molar-refractivity contribution in [3.05, 3.63) is 65.0 Å². The molecule has 1 aliphatic heterocycles. The summed E-state index contributed by atoms with van der Waals surface area (Å²) in [5.41, 5.74) is 7.43. The van der Waals surface area contributed by atoms with Crippen LogP contribution in [0.3, 0.4) is 0 Å². The van der Waals surface area contributed by atoms with Gasteiger partial charge in [0, 0.05) is 28.8 Å². The Kier molecular flexibility index (Phi) is 2.87. The number of aromatic carboxylic acids is 1. The van der Waals surface area contributed by atoms with E-state index < -0.39 is 5.97 Å². The summed E-state index contributed by atoms with van der Waals surface area (Å²) in [4.78, 5) is 25.5. The van der Waals surface area contributed by atoms with Crippen LogP contribution < -0.4 is 5.48 Å². The highest BCUT2D eigenvalue weighted by Crippen LogP contribution is 2.45. The number of pyridine rings is 2. The minimum atomic E-state index is -0.960. The molecule has 2 aromatic heterocycles. The summed E-state index contributed by atoms with van der Waals surface area (Å²) < 4.78 is 0. The van der Waals surface area contributed by atoms with Crippen LogP contribution in [0, 0.1) is 0 Å². The molecule has 3 heterocycles. The average Bonchev–Trinajstić information content (AvgIpc) is 2.97. The molecule has 1 aliphatic carbocycles. The second kappa shape index (κ2) is 5.00. The van der Waals surface area contributed by atoms with Crippen LogP contribution in [-0.2, 0) is 23.1 Å². The number of nitrogens with one attached hydrogen (secondary N) is 1. The van der Waals surface area contributed by atoms with Gasteiger partial charge in [0.05, 0.1) is 17.7 Å². The van der Waals surface area contributed by atoms with Crippen molar-refractivity contribution in [3.8, 4) is 0 Å². The minimum Gasteiger partial charge on any atom is -0.478 e. The first-order valence-corrected chi connectivity index (χ1v) is 8.13. The van der Waals surface area contributed by atoms with Gasteiger partial charge >= 0.3 is 5.97 Å². The van der Waals surface area contributed by atoms with Gasteiger partial charge < -0.3 is 5.11 Å². The summed E-state index contributed by atoms with van der Waals surface area (Å²) >= 11 is 0. The van der Waals surface area contributed by atoms with Crippen molar-refractivity contribution in [1.29, 1.82) is 0 Å². The van der Waals surface area contributed by atoms with Crippen molar-refractivity contribution in [2.24, 2.45) is 0 Å². The van der Waals surface area contributed by atoms with E-state index in [4.69, 9.17) is 4.84 Å². The van der Waals surface area contributed by atoms with Gasteiger partial charge in [0.2, 0.25) is 0 Å². The van der Waals surface area contributed by atoms with E-state index in [9.17, 15) is 9.90 Å². The fraction of sp³-hybridized carbons (Fsp3) is 0.211. The van der Waals surface area contributed by atoms with E-state index in [1.54, 1.807) is 12.3 Å². The highest BCUT2D eigenvalue weighted by molar-refractivity contribution is 5.93. The third-order valence-electron chi connectivity index (χ3n) is 5.20. The molecule has 25 heavy (non-hydrogen) atoms. The van der Waals surface area contributed by atoms with E-state index >= 15 is 0 Å². The Morgan fingerprint density at radius 3 is 2.88 bits per heavy atom. The summed E-state index contributed by atoms with van der Waals surface area (Å²) in [5.74, 6) is -0.185. The number of aromatic nitrogens is 2. The van der Waals surface area contributed by atoms with Crippen molar-refractivity contribution in [2.45, 2.75) is 18.3 Å². The van der Waals surface area contributed by atoms with Crippen molar-refractivity contribution < 1.29 is 14.7 Å². The zero-order valence-corrected chi connectivity index (χ0v) is 13.3. The van der Waals surface area contributed by atoms with Crippen molar-refractivity contribution in [2.75, 3.05) is 12.1 Å². The number of nitrogens with zero attached hydrogens (tertiary/aromatic N) is 2. The normalized spacial score (nSPS) is 21.0. The molecule has 0 radical (unpaired) electrons. The number of benzene rings is 1. The van der Waals surface area contributed by atoms with Crippen LogP contribution in [0.25, 0.3) is 10.9 Å². The van der Waals surface area contributed by atoms with Gasteiger partial charge in [0.1, 0.15) is 0 Å². The Morgan fingerprint density at radius 1 is 1.20 bits per heavy atom. The molecule has 1 aromatic carbocycles. The number of fused-ring (bicyclic) bond motifs is 4. The summed E-state index contributed by atoms with van der Waals surface area (Å²) in [6.07, 6.45) is 4.87. The van der Waals surface area contributed by atoms with Gasteiger partial charge in [0.15, 0.2) is 5.82 Å². The molecule has 6 nitrogen and oxygen atoms in total. The fourth-order valence-corrected chi connectivity index (χ4v) is 4.03. The number of hydrogen-bond donors (Lipinski definition) is 2. The van der Waals surface area contributed by atoms with Gasteiger partial charge in [-0.15, -0.1) is 0 Å². The Balaban J connectivity index is 1.63. The fourth-order valence-electron chi connectivity index (χ4n) is 4.03. The van der Waals surface area contributed by atoms with Crippen LogP contribution in [0.1, 0.15) is 27.0 Å². The van der Waals surface area contributed by atoms with Gasteiger partial charge in [0.25, 0.3) is 0 Å². The Hall–Kier alpha value is -2.99. The van der Waals surface area contributed by atoms with E-state index in [-0.39, 0.29) is 11.0 Å². The molecule has 3 aromatic rings. The number of hydrogen-bond acceptors (Lipinski definition) is 5. The Labute approximate surface area is 143 Å². The molecule has 6 heteroatoms. The summed E-state index contributed by atoms with van der Waals surface area (Å²) in [5, 5.41) is 10.0. The molecule has 1 spiro atoms. The zero-order valence-electron chi connectivity index (χ0n) is 13.3. The van der Waals surface area contributed by atoms with Crippen LogP contribution in [0.15, 0.2) is 42.7 Å². The quantitative estimate of drug-likeness (QED) is 0.712. The number of anilines is 1. The van der Waals surface area contributed by atoms with E-state index in [0.29, 0.717) is 6.61 Å². The molecular formula is C19H15N3O3. The standard InChI is InChI=1S/C19H15N3O3/c23-18(24)14-5-11-4-12-7-19(8-13(12)6-16(11)21-9-14)10-25-22-17-15(19)2-1-3-20-17/h1-6,9H,7-8,10H2,(H,20,22)(H,23,24)/t19-/m1/s1. The lowest BCUT2D eigenvalue weighted by Gasteiger charge is -2.34. The van der Waals surface area contributed by atoms with Crippen LogP contribution in [0.5, 0.6) is 0 Å². The Bertz CT molecular complexity index is 1030. The predicted molar refractivity (Wildman–Crippen MR) is 91.6 cm³/mol. The maximum absolute atomic E-state index is 11.2. The van der Waals surface area contributed by atoms with Gasteiger partial charge in [-0.1, -0.05) is 6.07 Å². The molecule has 0 saturated heterocycles. The first-order chi connectivity index (χ1) is 12.1. The lowest BCUT2D eigenvalue weighted by molar-refractivity contribution is 0.0696. The second-order valence-corrected chi connectivity index (χ2v) is 6.77. The summed E-state index contributed by atoms with van der Waals surface area (Å²) in [7, 11) is 0. The number of rotatable bonds is 1. The molecule has 0 amide bonds. The lowest BCUT2D eigenvalue weighted by atomic mass is 9.78. The largest absolute Gasteiger partial charge is 0.478 e.